The molecule has 22 heavy (non-hydrogen) atoms. The number of nitrogens with zero attached hydrogens (tertiary/aromatic N) is 2. The van der Waals surface area contributed by atoms with Gasteiger partial charge in [-0.05, 0) is 36.8 Å². The summed E-state index contributed by atoms with van der Waals surface area (Å²) >= 11 is 6.12. The van der Waals surface area contributed by atoms with Gasteiger partial charge in [-0.1, -0.05) is 29.8 Å². The summed E-state index contributed by atoms with van der Waals surface area (Å²) in [4.78, 5) is 8.67. The highest BCUT2D eigenvalue weighted by atomic mass is 35.5. The second kappa shape index (κ2) is 5.25. The van der Waals surface area contributed by atoms with Crippen LogP contribution in [0.25, 0.3) is 22.3 Å². The van der Waals surface area contributed by atoms with Gasteiger partial charge >= 0.3 is 6.18 Å². The van der Waals surface area contributed by atoms with Gasteiger partial charge in [0.2, 0.25) is 0 Å². The summed E-state index contributed by atoms with van der Waals surface area (Å²) in [6.07, 6.45) is -4.37. The summed E-state index contributed by atoms with van der Waals surface area (Å²) in [5, 5.41) is 0.165. The van der Waals surface area contributed by atoms with E-state index in [0.717, 1.165) is 17.7 Å². The number of rotatable bonds is 1. The average Bonchev–Trinajstić information content (AvgIpc) is 2.45. The second-order valence-corrected chi connectivity index (χ2v) is 5.29. The number of halogens is 4. The molecule has 6 heteroatoms. The van der Waals surface area contributed by atoms with E-state index in [1.165, 1.54) is 12.1 Å². The molecule has 0 aliphatic heterocycles. The first-order chi connectivity index (χ1) is 10.3. The predicted octanol–water partition coefficient (Wildman–Crippen LogP) is 5.28. The summed E-state index contributed by atoms with van der Waals surface area (Å²) in [7, 11) is 0. The first kappa shape index (κ1) is 14.8. The Hall–Kier alpha value is -2.14. The van der Waals surface area contributed by atoms with Crippen LogP contribution in [0.2, 0.25) is 5.15 Å². The van der Waals surface area contributed by atoms with Gasteiger partial charge in [0.15, 0.2) is 5.15 Å². The van der Waals surface area contributed by atoms with Gasteiger partial charge in [-0.25, -0.2) is 9.97 Å². The lowest BCUT2D eigenvalue weighted by Crippen LogP contribution is -2.04. The highest BCUT2D eigenvalue weighted by Gasteiger charge is 2.30. The lowest BCUT2D eigenvalue weighted by molar-refractivity contribution is -0.137. The Balaban J connectivity index is 2.09. The van der Waals surface area contributed by atoms with Gasteiger partial charge in [0.1, 0.15) is 5.69 Å². The Morgan fingerprint density at radius 3 is 2.23 bits per heavy atom. The molecule has 0 radical (unpaired) electrons. The van der Waals surface area contributed by atoms with Crippen LogP contribution in [0.3, 0.4) is 0 Å². The molecule has 0 fully saturated rings. The number of alkyl halides is 3. The van der Waals surface area contributed by atoms with Crippen LogP contribution in [-0.2, 0) is 6.18 Å². The van der Waals surface area contributed by atoms with Gasteiger partial charge in [0.05, 0.1) is 16.6 Å². The Bertz CT molecular complexity index is 842. The number of hydrogen-bond acceptors (Lipinski definition) is 2. The SMILES string of the molecule is Cc1ccc2nc(-c3ccc(C(F)(F)F)cc3)c(Cl)nc2c1. The molecule has 2 nitrogen and oxygen atoms in total. The van der Waals surface area contributed by atoms with Gasteiger partial charge < -0.3 is 0 Å². The summed E-state index contributed by atoms with van der Waals surface area (Å²) in [5.74, 6) is 0. The number of hydrogen-bond donors (Lipinski definition) is 0. The van der Waals surface area contributed by atoms with Crippen LogP contribution in [0.4, 0.5) is 13.2 Å². The van der Waals surface area contributed by atoms with Gasteiger partial charge in [-0.2, -0.15) is 13.2 Å². The maximum absolute atomic E-state index is 12.6. The average molecular weight is 323 g/mol. The number of fused-ring (bicyclic) bond motifs is 1. The van der Waals surface area contributed by atoms with Crippen LogP contribution >= 0.6 is 11.6 Å². The monoisotopic (exact) mass is 322 g/mol. The zero-order valence-electron chi connectivity index (χ0n) is 11.4. The Morgan fingerprint density at radius 1 is 0.909 bits per heavy atom. The number of aromatic nitrogens is 2. The molecule has 112 valence electrons. The quantitative estimate of drug-likeness (QED) is 0.609. The van der Waals surface area contributed by atoms with Crippen molar-refractivity contribution in [2.24, 2.45) is 0 Å². The van der Waals surface area contributed by atoms with E-state index in [1.807, 2.05) is 25.1 Å². The van der Waals surface area contributed by atoms with E-state index in [0.29, 0.717) is 22.3 Å². The van der Waals surface area contributed by atoms with Gasteiger partial charge in [-0.3, -0.25) is 0 Å². The molecule has 0 bridgehead atoms. The zero-order valence-corrected chi connectivity index (χ0v) is 12.2. The molecule has 3 rings (SSSR count). The molecule has 0 atom stereocenters. The zero-order chi connectivity index (χ0) is 15.9. The fourth-order valence-corrected chi connectivity index (χ4v) is 2.39. The number of benzene rings is 2. The minimum absolute atomic E-state index is 0.165. The molecule has 3 aromatic rings. The van der Waals surface area contributed by atoms with E-state index in [1.54, 1.807) is 0 Å². The first-order valence-electron chi connectivity index (χ1n) is 6.46. The lowest BCUT2D eigenvalue weighted by atomic mass is 10.1. The van der Waals surface area contributed by atoms with E-state index < -0.39 is 11.7 Å². The summed E-state index contributed by atoms with van der Waals surface area (Å²) < 4.78 is 37.8. The topological polar surface area (TPSA) is 25.8 Å². The second-order valence-electron chi connectivity index (χ2n) is 4.93. The third-order valence-corrected chi connectivity index (χ3v) is 3.53. The highest BCUT2D eigenvalue weighted by Crippen LogP contribution is 2.32. The first-order valence-corrected chi connectivity index (χ1v) is 6.84. The highest BCUT2D eigenvalue weighted by molar-refractivity contribution is 6.32. The fourth-order valence-electron chi connectivity index (χ4n) is 2.14. The van der Waals surface area contributed by atoms with E-state index in [-0.39, 0.29) is 5.15 Å². The standard InChI is InChI=1S/C16H10ClF3N2/c1-9-2-7-12-13(8-9)22-15(17)14(21-12)10-3-5-11(6-4-10)16(18,19)20/h2-8H,1H3. The van der Waals surface area contributed by atoms with Crippen LogP contribution in [0.15, 0.2) is 42.5 Å². The predicted molar refractivity (Wildman–Crippen MR) is 79.7 cm³/mol. The van der Waals surface area contributed by atoms with Crippen molar-refractivity contribution in [3.8, 4) is 11.3 Å². The third-order valence-electron chi connectivity index (χ3n) is 3.26. The van der Waals surface area contributed by atoms with Crippen LogP contribution in [0.1, 0.15) is 11.1 Å². The van der Waals surface area contributed by atoms with Crippen molar-refractivity contribution in [3.05, 3.63) is 58.7 Å². The number of aryl methyl sites for hydroxylation is 1. The van der Waals surface area contributed by atoms with Gasteiger partial charge in [0, 0.05) is 5.56 Å². The van der Waals surface area contributed by atoms with E-state index >= 15 is 0 Å². The molecule has 1 aromatic heterocycles. The van der Waals surface area contributed by atoms with E-state index in [2.05, 4.69) is 9.97 Å². The summed E-state index contributed by atoms with van der Waals surface area (Å²) in [6, 6.07) is 10.3. The molecule has 0 spiro atoms. The van der Waals surface area contributed by atoms with Crippen LogP contribution in [0, 0.1) is 6.92 Å². The van der Waals surface area contributed by atoms with Crippen molar-refractivity contribution in [1.29, 1.82) is 0 Å². The maximum Gasteiger partial charge on any atom is 0.416 e. The molecule has 0 aliphatic carbocycles. The smallest absolute Gasteiger partial charge is 0.243 e. The van der Waals surface area contributed by atoms with Gasteiger partial charge in [0.25, 0.3) is 0 Å². The molecular formula is C16H10ClF3N2. The molecule has 0 saturated heterocycles. The Labute approximate surface area is 129 Å². The molecule has 0 amide bonds. The van der Waals surface area contributed by atoms with Crippen LogP contribution in [-0.4, -0.2) is 9.97 Å². The van der Waals surface area contributed by atoms with Crippen molar-refractivity contribution >= 4 is 22.6 Å². The molecule has 2 aromatic carbocycles. The van der Waals surface area contributed by atoms with Crippen molar-refractivity contribution in [2.45, 2.75) is 13.1 Å². The largest absolute Gasteiger partial charge is 0.416 e. The molecule has 1 heterocycles. The minimum Gasteiger partial charge on any atom is -0.243 e. The third kappa shape index (κ3) is 2.76. The van der Waals surface area contributed by atoms with Crippen molar-refractivity contribution in [1.82, 2.24) is 9.97 Å². The normalized spacial score (nSPS) is 11.9. The summed E-state index contributed by atoms with van der Waals surface area (Å²) in [5.41, 5.74) is 2.47. The molecular weight excluding hydrogens is 313 g/mol. The van der Waals surface area contributed by atoms with Gasteiger partial charge in [-0.15, -0.1) is 0 Å². The minimum atomic E-state index is -4.37. The summed E-state index contributed by atoms with van der Waals surface area (Å²) in [6.45, 7) is 1.93. The lowest BCUT2D eigenvalue weighted by Gasteiger charge is -2.09. The molecule has 0 N–H and O–H groups in total. The van der Waals surface area contributed by atoms with Crippen molar-refractivity contribution in [2.75, 3.05) is 0 Å². The maximum atomic E-state index is 12.6. The van der Waals surface area contributed by atoms with Crippen molar-refractivity contribution in [3.63, 3.8) is 0 Å². The van der Waals surface area contributed by atoms with E-state index in [9.17, 15) is 13.2 Å². The van der Waals surface area contributed by atoms with E-state index in [4.69, 9.17) is 11.6 Å². The van der Waals surface area contributed by atoms with Crippen molar-refractivity contribution < 1.29 is 13.2 Å². The molecule has 0 unspecified atom stereocenters. The van der Waals surface area contributed by atoms with Crippen LogP contribution in [0.5, 0.6) is 0 Å². The Morgan fingerprint density at radius 2 is 1.59 bits per heavy atom. The molecule has 0 saturated carbocycles. The van der Waals surface area contributed by atoms with Crippen LogP contribution < -0.4 is 0 Å². The Kier molecular flexibility index (Phi) is 3.53. The molecule has 0 aliphatic rings. The fraction of sp³-hybridized carbons (Fsp3) is 0.125.